The van der Waals surface area contributed by atoms with Crippen LogP contribution in [-0.4, -0.2) is 14.1 Å². The van der Waals surface area contributed by atoms with Crippen LogP contribution in [0, 0.1) is 29.8 Å². The van der Waals surface area contributed by atoms with Gasteiger partial charge in [-0.1, -0.05) is 184 Å². The van der Waals surface area contributed by atoms with Crippen LogP contribution >= 0.6 is 0 Å². The fraction of sp³-hybridized carbons (Fsp3) is 0.262. The number of benzene rings is 7. The predicted molar refractivity (Wildman–Crippen MR) is 290 cm³/mol. The molecule has 0 spiro atoms. The first-order valence-corrected chi connectivity index (χ1v) is 24.2. The molecule has 5 nitrogen and oxygen atoms in total. The Morgan fingerprint density at radius 1 is 0.662 bits per heavy atom. The van der Waals surface area contributed by atoms with Crippen LogP contribution in [0.4, 0.5) is 0 Å². The Kier molecular flexibility index (Phi) is 11.1. The molecule has 0 bridgehead atoms. The van der Waals surface area contributed by atoms with Gasteiger partial charge in [0.15, 0.2) is 0 Å². The second-order valence-corrected chi connectivity index (χ2v) is 22.0. The Labute approximate surface area is 445 Å². The molecule has 71 heavy (non-hydrogen) atoms. The van der Waals surface area contributed by atoms with E-state index in [9.17, 15) is 2.74 Å². The molecular weight excluding hydrogens is 1050 g/mol. The zero-order valence-electron chi connectivity index (χ0n) is 49.4. The fourth-order valence-corrected chi connectivity index (χ4v) is 9.35. The van der Waals surface area contributed by atoms with Gasteiger partial charge in [0.05, 0.1) is 23.6 Å². The third-order valence-electron chi connectivity index (χ3n) is 12.7. The van der Waals surface area contributed by atoms with Gasteiger partial charge in [-0.3, -0.25) is 4.57 Å². The van der Waals surface area contributed by atoms with Gasteiger partial charge in [-0.05, 0) is 109 Å². The largest absolute Gasteiger partial charge is 0.510 e. The molecule has 3 heterocycles. The topological polar surface area (TPSA) is 35.9 Å². The van der Waals surface area contributed by atoms with Crippen molar-refractivity contribution in [1.29, 1.82) is 0 Å². The summed E-state index contributed by atoms with van der Waals surface area (Å²) in [5, 5.41) is 1.94. The molecule has 10 aromatic rings. The van der Waals surface area contributed by atoms with Crippen LogP contribution in [0.3, 0.4) is 0 Å². The minimum absolute atomic E-state index is 0. The van der Waals surface area contributed by atoms with Crippen molar-refractivity contribution < 1.29 is 40.0 Å². The third kappa shape index (κ3) is 10.2. The minimum atomic E-state index is -1.57. The Morgan fingerprint density at radius 3 is 2.06 bits per heavy atom. The van der Waals surface area contributed by atoms with Crippen molar-refractivity contribution in [3.63, 3.8) is 0 Å². The first-order chi connectivity index (χ1) is 36.2. The van der Waals surface area contributed by atoms with Crippen molar-refractivity contribution in [2.45, 2.75) is 99.8 Å². The summed E-state index contributed by atoms with van der Waals surface area (Å²) in [5.74, 6) is 1.18. The fourth-order valence-electron chi connectivity index (χ4n) is 9.35. The molecule has 0 N–H and O–H groups in total. The van der Waals surface area contributed by atoms with Gasteiger partial charge >= 0.3 is 0 Å². The molecule has 0 fully saturated rings. The molecule has 0 saturated heterocycles. The third-order valence-corrected chi connectivity index (χ3v) is 12.7. The molecule has 0 radical (unpaired) electrons. The molecule has 6 heteroatoms. The van der Waals surface area contributed by atoms with Crippen LogP contribution in [0.2, 0.25) is 0 Å². The average molecular weight is 1120 g/mol. The van der Waals surface area contributed by atoms with Gasteiger partial charge in [0.25, 0.3) is 6.33 Å². The van der Waals surface area contributed by atoms with Crippen LogP contribution < -0.4 is 9.30 Å². The average Bonchev–Trinajstić information content (AvgIpc) is 4.04. The van der Waals surface area contributed by atoms with Gasteiger partial charge in [0.2, 0.25) is 0 Å². The van der Waals surface area contributed by atoms with Crippen molar-refractivity contribution in [1.82, 2.24) is 14.1 Å². The molecule has 0 aliphatic heterocycles. The number of fused-ring (bicyclic) bond motifs is 4. The molecular formula is C65H64N4OPt-2. The number of imidazole rings is 1. The monoisotopic (exact) mass is 1120 g/mol. The van der Waals surface area contributed by atoms with Gasteiger partial charge in [-0.15, -0.1) is 29.7 Å². The Bertz CT molecular complexity index is 3910. The number of rotatable bonds is 10. The van der Waals surface area contributed by atoms with E-state index in [2.05, 4.69) is 123 Å². The van der Waals surface area contributed by atoms with Crippen LogP contribution in [0.5, 0.6) is 11.5 Å². The normalized spacial score (nSPS) is 13.9. The van der Waals surface area contributed by atoms with Crippen molar-refractivity contribution >= 4 is 32.8 Å². The molecule has 0 aliphatic rings. The maximum atomic E-state index is 9.31. The first-order valence-electron chi connectivity index (χ1n) is 27.7. The minimum Gasteiger partial charge on any atom is -0.510 e. The number of ether oxygens (including phenoxy) is 1. The van der Waals surface area contributed by atoms with E-state index in [0.717, 1.165) is 67.1 Å². The van der Waals surface area contributed by atoms with E-state index in [4.69, 9.17) is 16.6 Å². The summed E-state index contributed by atoms with van der Waals surface area (Å²) in [6.45, 7) is 23.6. The maximum Gasteiger partial charge on any atom is 0.268 e. The van der Waals surface area contributed by atoms with Crippen molar-refractivity contribution in [3.8, 4) is 50.9 Å². The quantitative estimate of drug-likeness (QED) is 0.101. The summed E-state index contributed by atoms with van der Waals surface area (Å²) < 4.78 is 75.2. The van der Waals surface area contributed by atoms with E-state index in [1.165, 1.54) is 0 Å². The standard InChI is InChI=1S/C65H64N4O.Pt/c1-43(2)33-44-31-32-66-61(35-44)69-57-26-16-15-23-55(57)56-29-28-52(40-59(56)69)70-51-22-17-21-50(39-51)67-42-68(58-30-27-45(34-60(58)67)41-63(3,4)5)62-53(46-19-13-12-14-20-46)24-18-25-54(62)47-36-48(64(6,7)8)38-49(37-47)65(9,10)11;/h12-32,34-38,43H,33,41H2,1-11H3;/q-2;/i12D,13D,14D,19D,20D,33D2;. The van der Waals surface area contributed by atoms with Gasteiger partial charge in [0, 0.05) is 47.0 Å². The van der Waals surface area contributed by atoms with Gasteiger partial charge in [0.1, 0.15) is 5.82 Å². The summed E-state index contributed by atoms with van der Waals surface area (Å²) >= 11 is 0. The van der Waals surface area contributed by atoms with Crippen LogP contribution in [-0.2, 0) is 44.7 Å². The summed E-state index contributed by atoms with van der Waals surface area (Å²) in [6, 6.07) is 45.4. The summed E-state index contributed by atoms with van der Waals surface area (Å²) in [6.07, 6.45) is 4.61. The number of nitrogens with zero attached hydrogens (tertiary/aromatic N) is 4. The number of para-hydroxylation sites is 2. The van der Waals surface area contributed by atoms with Gasteiger partial charge in [-0.2, -0.15) is 18.2 Å². The molecule has 362 valence electrons. The first kappa shape index (κ1) is 41.1. The van der Waals surface area contributed by atoms with Gasteiger partial charge in [-0.25, -0.2) is 4.98 Å². The second-order valence-electron chi connectivity index (χ2n) is 22.0. The smallest absolute Gasteiger partial charge is 0.268 e. The summed E-state index contributed by atoms with van der Waals surface area (Å²) in [4.78, 5) is 4.76. The second kappa shape index (κ2) is 19.2. The zero-order valence-corrected chi connectivity index (χ0v) is 44.7. The van der Waals surface area contributed by atoms with Crippen molar-refractivity contribution in [2.24, 2.45) is 11.3 Å². The van der Waals surface area contributed by atoms with E-state index in [0.29, 0.717) is 39.8 Å². The molecule has 0 unspecified atom stereocenters. The van der Waals surface area contributed by atoms with E-state index in [1.54, 1.807) is 12.3 Å². The van der Waals surface area contributed by atoms with E-state index < -0.39 is 24.5 Å². The molecule has 0 atom stereocenters. The SMILES string of the molecule is [2H]c1c([2H])c([2H])c(-c2cccc(-c3cc(C(C)(C)C)cc(C(C)(C)C)c3)c2-[n+]2[c-]n(-c3[c-]c(Oc4[c-]c5c(cc4)c4ccccc4n5-c4cc(C([2H])([2H])C(C)C)ccn4)ccc3)c3cc(CC(C)(C)C)ccc32)c([2H])c1[2H].[Pt]. The number of hydrogen-bond acceptors (Lipinski definition) is 2. The van der Waals surface area contributed by atoms with Crippen molar-refractivity contribution in [3.05, 3.63) is 198 Å². The van der Waals surface area contributed by atoms with E-state index in [1.807, 2.05) is 100 Å². The number of pyridine rings is 1. The van der Waals surface area contributed by atoms with E-state index in [-0.39, 0.29) is 60.9 Å². The van der Waals surface area contributed by atoms with Gasteiger partial charge < -0.3 is 13.9 Å². The molecule has 10 rings (SSSR count). The Balaban J connectivity index is 0.00000740. The molecule has 0 saturated carbocycles. The summed E-state index contributed by atoms with van der Waals surface area (Å²) in [5.41, 5.74) is 10.2. The molecule has 3 aromatic heterocycles. The number of aromatic nitrogens is 4. The Hall–Kier alpha value is -6.55. The molecule has 0 aliphatic carbocycles. The predicted octanol–water partition coefficient (Wildman–Crippen LogP) is 16.3. The van der Waals surface area contributed by atoms with Crippen molar-refractivity contribution in [2.75, 3.05) is 0 Å². The molecule has 7 aromatic carbocycles. The van der Waals surface area contributed by atoms with Crippen LogP contribution in [0.15, 0.2) is 158 Å². The van der Waals surface area contributed by atoms with E-state index >= 15 is 0 Å². The number of hydrogen-bond donors (Lipinski definition) is 0. The van der Waals surface area contributed by atoms with Crippen LogP contribution in [0.25, 0.3) is 72.3 Å². The molecule has 0 amide bonds. The Morgan fingerprint density at radius 2 is 1.35 bits per heavy atom. The maximum absolute atomic E-state index is 9.31. The zero-order chi connectivity index (χ0) is 55.3. The van der Waals surface area contributed by atoms with Crippen LogP contribution in [0.1, 0.15) is 108 Å². The summed E-state index contributed by atoms with van der Waals surface area (Å²) in [7, 11) is 0.